The van der Waals surface area contributed by atoms with Crippen LogP contribution in [0.5, 0.6) is 0 Å². The third kappa shape index (κ3) is 12.3. The molecule has 1 aliphatic heterocycles. The Bertz CT molecular complexity index is 1460. The highest BCUT2D eigenvalue weighted by Crippen LogP contribution is 2.06. The Morgan fingerprint density at radius 2 is 1.26 bits per heavy atom. The van der Waals surface area contributed by atoms with Gasteiger partial charge in [-0.05, 0) is 37.6 Å². The van der Waals surface area contributed by atoms with Crippen molar-refractivity contribution in [2.75, 3.05) is 6.54 Å². The van der Waals surface area contributed by atoms with Gasteiger partial charge in [0.2, 0.25) is 0 Å². The molecule has 0 unspecified atom stereocenters. The number of benzene rings is 3. The van der Waals surface area contributed by atoms with E-state index in [1.165, 1.54) is 16.7 Å². The zero-order valence-electron chi connectivity index (χ0n) is 22.7. The molecule has 0 spiro atoms. The van der Waals surface area contributed by atoms with E-state index < -0.39 is 0 Å². The lowest BCUT2D eigenvalue weighted by molar-refractivity contribution is 0.111. The van der Waals surface area contributed by atoms with E-state index in [4.69, 9.17) is 0 Å². The molecule has 43 heavy (non-hydrogen) atoms. The summed E-state index contributed by atoms with van der Waals surface area (Å²) in [6, 6.07) is 22.0. The van der Waals surface area contributed by atoms with E-state index in [2.05, 4.69) is 62.3 Å². The van der Waals surface area contributed by atoms with Gasteiger partial charge in [0.1, 0.15) is 25.2 Å². The third-order valence-corrected chi connectivity index (χ3v) is 5.96. The number of carbonyl (C=O) groups is 3. The topological polar surface area (TPSA) is 175 Å². The largest absolute Gasteiger partial charge is 0.298 e. The van der Waals surface area contributed by atoms with Gasteiger partial charge in [-0.15, -0.1) is 20.4 Å². The second kappa shape index (κ2) is 18.8. The second-order valence-corrected chi connectivity index (χ2v) is 8.96. The Hall–Kier alpha value is -5.44. The molecule has 2 aromatic heterocycles. The summed E-state index contributed by atoms with van der Waals surface area (Å²) in [5, 5.41) is 33.0. The average molecular weight is 644 g/mol. The SMILES string of the molecule is C1=NN=NC1.O=Cc1ccc(CBr)cc1.O=Cc1ccc(Cn2cnnn2)cc1.O=Cc1ccc(Cn2ncnn2)cc1. The number of aldehydes is 3. The zero-order valence-corrected chi connectivity index (χ0v) is 24.3. The van der Waals surface area contributed by atoms with Gasteiger partial charge < -0.3 is 0 Å². The van der Waals surface area contributed by atoms with Crippen molar-refractivity contribution in [1.82, 2.24) is 40.4 Å². The average Bonchev–Trinajstić information content (AvgIpc) is 3.89. The van der Waals surface area contributed by atoms with Crippen molar-refractivity contribution < 1.29 is 14.4 Å². The summed E-state index contributed by atoms with van der Waals surface area (Å²) in [7, 11) is 0. The van der Waals surface area contributed by atoms with Crippen LogP contribution < -0.4 is 0 Å². The normalized spacial score (nSPS) is 10.7. The summed E-state index contributed by atoms with van der Waals surface area (Å²) in [6.07, 6.45) is 7.07. The molecule has 14 nitrogen and oxygen atoms in total. The minimum absolute atomic E-state index is 0.569. The molecule has 218 valence electrons. The van der Waals surface area contributed by atoms with Gasteiger partial charge in [-0.3, -0.25) is 14.4 Å². The molecule has 0 N–H and O–H groups in total. The fraction of sp³-hybridized carbons (Fsp3) is 0.143. The number of hydrogen-bond acceptors (Lipinski definition) is 12. The van der Waals surface area contributed by atoms with Crippen LogP contribution in [0.4, 0.5) is 0 Å². The van der Waals surface area contributed by atoms with E-state index >= 15 is 0 Å². The van der Waals surface area contributed by atoms with Crippen LogP contribution in [0.3, 0.4) is 0 Å². The smallest absolute Gasteiger partial charge is 0.162 e. The van der Waals surface area contributed by atoms with Crippen molar-refractivity contribution in [1.29, 1.82) is 0 Å². The first-order chi connectivity index (χ1) is 21.1. The maximum atomic E-state index is 10.4. The Balaban J connectivity index is 0.000000165. The number of aromatic nitrogens is 8. The molecule has 15 heteroatoms. The first-order valence-corrected chi connectivity index (χ1v) is 13.7. The summed E-state index contributed by atoms with van der Waals surface area (Å²) in [5.41, 5.74) is 5.34. The number of carbonyl (C=O) groups excluding carboxylic acids is 3. The van der Waals surface area contributed by atoms with Gasteiger partial charge in [0.15, 0.2) is 6.33 Å². The standard InChI is InChI=1S/2C9H8N4O.C8H7BrO.C2H3N3/c14-6-9-3-1-8(2-4-9)5-13-7-10-11-12-13;14-6-9-3-1-8(2-4-9)5-13-11-7-10-12-13;9-5-7-1-3-8(6-10)4-2-7;1-2-4-5-3-1/h2*1-4,6-7H,5H2;1-4,6H,5H2;1H,2H2. The summed E-state index contributed by atoms with van der Waals surface area (Å²) in [4.78, 5) is 32.5. The molecule has 3 aromatic carbocycles. The summed E-state index contributed by atoms with van der Waals surface area (Å²) >= 11 is 3.32. The molecule has 6 rings (SSSR count). The number of nitrogens with zero attached hydrogens (tertiary/aromatic N) is 11. The minimum Gasteiger partial charge on any atom is -0.298 e. The lowest BCUT2D eigenvalue weighted by Gasteiger charge is -1.99. The van der Waals surface area contributed by atoms with Crippen LogP contribution in [0.2, 0.25) is 0 Å². The maximum absolute atomic E-state index is 10.4. The van der Waals surface area contributed by atoms with Crippen LogP contribution in [-0.2, 0) is 18.4 Å². The van der Waals surface area contributed by atoms with Gasteiger partial charge in [-0.1, -0.05) is 88.7 Å². The lowest BCUT2D eigenvalue weighted by Crippen LogP contribution is -2.03. The van der Waals surface area contributed by atoms with Crippen LogP contribution in [0.1, 0.15) is 47.8 Å². The molecular weight excluding hydrogens is 618 g/mol. The first-order valence-electron chi connectivity index (χ1n) is 12.6. The van der Waals surface area contributed by atoms with Crippen LogP contribution in [0, 0.1) is 0 Å². The Kier molecular flexibility index (Phi) is 14.0. The molecule has 0 bridgehead atoms. The number of rotatable bonds is 8. The van der Waals surface area contributed by atoms with Crippen LogP contribution in [0.15, 0.2) is 101 Å². The Labute approximate surface area is 254 Å². The van der Waals surface area contributed by atoms with Crippen molar-refractivity contribution in [2.24, 2.45) is 15.4 Å². The Morgan fingerprint density at radius 3 is 1.63 bits per heavy atom. The van der Waals surface area contributed by atoms with E-state index in [0.717, 1.165) is 40.9 Å². The second-order valence-electron chi connectivity index (χ2n) is 8.40. The molecule has 5 aromatic rings. The zero-order chi connectivity index (χ0) is 30.5. The number of tetrazole rings is 2. The van der Waals surface area contributed by atoms with Gasteiger partial charge in [-0.2, -0.15) is 9.91 Å². The maximum Gasteiger partial charge on any atom is 0.162 e. The summed E-state index contributed by atoms with van der Waals surface area (Å²) < 4.78 is 1.62. The minimum atomic E-state index is 0.569. The molecular formula is C28H26BrN11O3. The van der Waals surface area contributed by atoms with Gasteiger partial charge in [0.05, 0.1) is 25.8 Å². The number of halogens is 1. The van der Waals surface area contributed by atoms with Gasteiger partial charge in [0.25, 0.3) is 0 Å². The number of alkyl halides is 1. The van der Waals surface area contributed by atoms with Crippen LogP contribution in [0.25, 0.3) is 0 Å². The molecule has 0 aliphatic carbocycles. The van der Waals surface area contributed by atoms with E-state index in [0.29, 0.717) is 30.8 Å². The monoisotopic (exact) mass is 643 g/mol. The quantitative estimate of drug-likeness (QED) is 0.179. The molecule has 0 atom stereocenters. The predicted octanol–water partition coefficient (Wildman–Crippen LogP) is 3.90. The van der Waals surface area contributed by atoms with Gasteiger partial charge in [-0.25, -0.2) is 4.68 Å². The molecule has 0 fully saturated rings. The fourth-order valence-corrected chi connectivity index (χ4v) is 3.51. The molecule has 3 heterocycles. The van der Waals surface area contributed by atoms with E-state index in [1.807, 2.05) is 48.5 Å². The van der Waals surface area contributed by atoms with Crippen LogP contribution >= 0.6 is 15.9 Å². The lowest BCUT2D eigenvalue weighted by atomic mass is 10.1. The molecule has 0 saturated heterocycles. The first kappa shape index (κ1) is 32.1. The molecule has 0 amide bonds. The number of hydrogen-bond donors (Lipinski definition) is 0. The summed E-state index contributed by atoms with van der Waals surface area (Å²) in [6.45, 7) is 1.85. The Morgan fingerprint density at radius 1 is 0.698 bits per heavy atom. The van der Waals surface area contributed by atoms with Crippen LogP contribution in [-0.4, -0.2) is 72.0 Å². The molecule has 0 saturated carbocycles. The van der Waals surface area contributed by atoms with Crippen molar-refractivity contribution in [3.63, 3.8) is 0 Å². The van der Waals surface area contributed by atoms with E-state index in [9.17, 15) is 14.4 Å². The highest BCUT2D eigenvalue weighted by atomic mass is 79.9. The van der Waals surface area contributed by atoms with Crippen molar-refractivity contribution in [3.8, 4) is 0 Å². The predicted molar refractivity (Wildman–Crippen MR) is 160 cm³/mol. The van der Waals surface area contributed by atoms with Crippen molar-refractivity contribution >= 4 is 41.0 Å². The fourth-order valence-electron chi connectivity index (χ4n) is 3.14. The highest BCUT2D eigenvalue weighted by Gasteiger charge is 1.97. The van der Waals surface area contributed by atoms with Gasteiger partial charge >= 0.3 is 0 Å². The van der Waals surface area contributed by atoms with E-state index in [-0.39, 0.29) is 0 Å². The molecule has 1 aliphatic rings. The third-order valence-electron chi connectivity index (χ3n) is 5.31. The van der Waals surface area contributed by atoms with Crippen molar-refractivity contribution in [3.05, 3.63) is 119 Å². The molecule has 0 radical (unpaired) electrons. The van der Waals surface area contributed by atoms with Gasteiger partial charge in [0, 0.05) is 22.0 Å². The van der Waals surface area contributed by atoms with Crippen molar-refractivity contribution in [2.45, 2.75) is 18.4 Å². The highest BCUT2D eigenvalue weighted by molar-refractivity contribution is 9.08. The van der Waals surface area contributed by atoms with E-state index in [1.54, 1.807) is 41.5 Å². The summed E-state index contributed by atoms with van der Waals surface area (Å²) in [5.74, 6) is 0.